The largest absolute Gasteiger partial charge is 0.397 e. The van der Waals surface area contributed by atoms with Gasteiger partial charge in [-0.05, 0) is 30.4 Å². The number of nitrogen functional groups attached to an aromatic ring is 1. The maximum Gasteiger partial charge on any atom is 0.228 e. The van der Waals surface area contributed by atoms with Crippen LogP contribution in [-0.4, -0.2) is 5.91 Å². The van der Waals surface area contributed by atoms with Crippen LogP contribution in [0.25, 0.3) is 0 Å². The Morgan fingerprint density at radius 3 is 2.70 bits per heavy atom. The van der Waals surface area contributed by atoms with Gasteiger partial charge in [0.15, 0.2) is 11.6 Å². The van der Waals surface area contributed by atoms with Crippen molar-refractivity contribution in [3.8, 4) is 0 Å². The highest BCUT2D eigenvalue weighted by molar-refractivity contribution is 5.96. The average Bonchev–Trinajstić information content (AvgIpc) is 2.38. The van der Waals surface area contributed by atoms with Gasteiger partial charge in [0.25, 0.3) is 0 Å². The summed E-state index contributed by atoms with van der Waals surface area (Å²) >= 11 is 0. The van der Waals surface area contributed by atoms with E-state index in [4.69, 9.17) is 5.73 Å². The van der Waals surface area contributed by atoms with Crippen LogP contribution >= 0.6 is 0 Å². The lowest BCUT2D eigenvalue weighted by Gasteiger charge is -2.37. The van der Waals surface area contributed by atoms with Crippen molar-refractivity contribution >= 4 is 17.3 Å². The van der Waals surface area contributed by atoms with Crippen molar-refractivity contribution in [2.24, 2.45) is 11.3 Å². The van der Waals surface area contributed by atoms with Gasteiger partial charge < -0.3 is 11.1 Å². The van der Waals surface area contributed by atoms with E-state index in [1.165, 1.54) is 6.07 Å². The molecule has 5 heteroatoms. The lowest BCUT2D eigenvalue weighted by molar-refractivity contribution is -0.124. The van der Waals surface area contributed by atoms with Gasteiger partial charge in [0, 0.05) is 5.92 Å². The second-order valence-corrected chi connectivity index (χ2v) is 6.10. The predicted molar refractivity (Wildman–Crippen MR) is 75.1 cm³/mol. The van der Waals surface area contributed by atoms with Crippen molar-refractivity contribution in [1.82, 2.24) is 0 Å². The second-order valence-electron chi connectivity index (χ2n) is 6.10. The Labute approximate surface area is 117 Å². The summed E-state index contributed by atoms with van der Waals surface area (Å²) in [4.78, 5) is 12.3. The lowest BCUT2D eigenvalue weighted by atomic mass is 9.68. The molecule has 0 heterocycles. The molecule has 3 nitrogen and oxygen atoms in total. The number of rotatable bonds is 2. The summed E-state index contributed by atoms with van der Waals surface area (Å²) in [5.41, 5.74) is 5.26. The first-order chi connectivity index (χ1) is 9.33. The number of carbonyl (C=O) groups excluding carboxylic acids is 1. The minimum absolute atomic E-state index is 0.0332. The average molecular weight is 282 g/mol. The van der Waals surface area contributed by atoms with Gasteiger partial charge in [0.1, 0.15) is 5.69 Å². The molecule has 0 spiro atoms. The van der Waals surface area contributed by atoms with E-state index in [2.05, 4.69) is 5.32 Å². The molecule has 0 aliphatic heterocycles. The van der Waals surface area contributed by atoms with E-state index < -0.39 is 11.6 Å². The van der Waals surface area contributed by atoms with Crippen LogP contribution in [0.1, 0.15) is 39.5 Å². The topological polar surface area (TPSA) is 55.1 Å². The molecular formula is C15H20F2N2O. The first kappa shape index (κ1) is 14.8. The Morgan fingerprint density at radius 2 is 2.05 bits per heavy atom. The Bertz CT molecular complexity index is 529. The molecule has 0 aromatic heterocycles. The van der Waals surface area contributed by atoms with Crippen molar-refractivity contribution < 1.29 is 13.6 Å². The summed E-state index contributed by atoms with van der Waals surface area (Å²) in [6.45, 7) is 4.06. The normalized spacial score (nSPS) is 21.5. The molecule has 2 rings (SSSR count). The van der Waals surface area contributed by atoms with E-state index in [0.29, 0.717) is 0 Å². The van der Waals surface area contributed by atoms with Gasteiger partial charge in [-0.25, -0.2) is 8.78 Å². The quantitative estimate of drug-likeness (QED) is 0.813. The number of nitrogens with one attached hydrogen (secondary N) is 1. The number of hydrogen-bond donors (Lipinski definition) is 2. The molecule has 0 radical (unpaired) electrons. The SMILES string of the molecule is CC1(C)CCCCC1C(=O)Nc1c(N)ccc(F)c1F. The Morgan fingerprint density at radius 1 is 1.35 bits per heavy atom. The molecule has 3 N–H and O–H groups in total. The van der Waals surface area contributed by atoms with Crippen LogP contribution in [0.2, 0.25) is 0 Å². The van der Waals surface area contributed by atoms with Gasteiger partial charge >= 0.3 is 0 Å². The Hall–Kier alpha value is -1.65. The molecule has 1 unspecified atom stereocenters. The number of nitrogens with two attached hydrogens (primary N) is 1. The van der Waals surface area contributed by atoms with Crippen LogP contribution in [0.3, 0.4) is 0 Å². The molecule has 0 saturated heterocycles. The zero-order chi connectivity index (χ0) is 14.9. The van der Waals surface area contributed by atoms with Crippen LogP contribution in [0.4, 0.5) is 20.2 Å². The van der Waals surface area contributed by atoms with Crippen LogP contribution in [-0.2, 0) is 4.79 Å². The third kappa shape index (κ3) is 2.76. The fraction of sp³-hybridized carbons (Fsp3) is 0.533. The van der Waals surface area contributed by atoms with Crippen molar-refractivity contribution in [2.45, 2.75) is 39.5 Å². The second kappa shape index (κ2) is 5.38. The van der Waals surface area contributed by atoms with Gasteiger partial charge in [-0.1, -0.05) is 26.7 Å². The van der Waals surface area contributed by atoms with E-state index >= 15 is 0 Å². The number of anilines is 2. The predicted octanol–water partition coefficient (Wildman–Crippen LogP) is 3.70. The van der Waals surface area contributed by atoms with E-state index in [1.807, 2.05) is 13.8 Å². The number of hydrogen-bond acceptors (Lipinski definition) is 2. The molecular weight excluding hydrogens is 262 g/mol. The highest BCUT2D eigenvalue weighted by Gasteiger charge is 2.37. The number of amides is 1. The summed E-state index contributed by atoms with van der Waals surface area (Å²) in [5.74, 6) is -2.62. The number of halogens is 2. The van der Waals surface area contributed by atoms with Gasteiger partial charge in [-0.15, -0.1) is 0 Å². The highest BCUT2D eigenvalue weighted by Crippen LogP contribution is 2.41. The first-order valence-electron chi connectivity index (χ1n) is 6.87. The lowest BCUT2D eigenvalue weighted by Crippen LogP contribution is -2.37. The van der Waals surface area contributed by atoms with Crippen molar-refractivity contribution in [1.29, 1.82) is 0 Å². The minimum atomic E-state index is -1.10. The van der Waals surface area contributed by atoms with Crippen LogP contribution in [0.15, 0.2) is 12.1 Å². The summed E-state index contributed by atoms with van der Waals surface area (Å²) in [6.07, 6.45) is 3.78. The number of carbonyl (C=O) groups is 1. The van der Waals surface area contributed by atoms with E-state index in [-0.39, 0.29) is 28.6 Å². The van der Waals surface area contributed by atoms with Gasteiger partial charge in [-0.2, -0.15) is 0 Å². The molecule has 0 bridgehead atoms. The molecule has 1 atom stereocenters. The fourth-order valence-electron chi connectivity index (χ4n) is 2.88. The molecule has 110 valence electrons. The standard InChI is InChI=1S/C15H20F2N2O/c1-15(2)8-4-3-5-9(15)14(20)19-13-11(18)7-6-10(16)12(13)17/h6-7,9H,3-5,8,18H2,1-2H3,(H,19,20). The van der Waals surface area contributed by atoms with Gasteiger partial charge in [-0.3, -0.25) is 4.79 Å². The van der Waals surface area contributed by atoms with Gasteiger partial charge in [0.05, 0.1) is 5.69 Å². The van der Waals surface area contributed by atoms with Crippen molar-refractivity contribution in [3.05, 3.63) is 23.8 Å². The zero-order valence-electron chi connectivity index (χ0n) is 11.8. The zero-order valence-corrected chi connectivity index (χ0v) is 11.8. The summed E-state index contributed by atoms with van der Waals surface area (Å²) in [5, 5.41) is 2.47. The van der Waals surface area contributed by atoms with Crippen molar-refractivity contribution in [2.75, 3.05) is 11.1 Å². The van der Waals surface area contributed by atoms with Crippen LogP contribution in [0, 0.1) is 23.0 Å². The molecule has 1 saturated carbocycles. The molecule has 1 amide bonds. The van der Waals surface area contributed by atoms with Crippen LogP contribution < -0.4 is 11.1 Å². The highest BCUT2D eigenvalue weighted by atomic mass is 19.2. The van der Waals surface area contributed by atoms with E-state index in [0.717, 1.165) is 31.7 Å². The Balaban J connectivity index is 2.22. The maximum absolute atomic E-state index is 13.7. The number of benzene rings is 1. The first-order valence-corrected chi connectivity index (χ1v) is 6.87. The summed E-state index contributed by atoms with van der Waals surface area (Å²) in [6, 6.07) is 2.20. The van der Waals surface area contributed by atoms with Crippen LogP contribution in [0.5, 0.6) is 0 Å². The fourth-order valence-corrected chi connectivity index (χ4v) is 2.88. The van der Waals surface area contributed by atoms with E-state index in [9.17, 15) is 13.6 Å². The van der Waals surface area contributed by atoms with Gasteiger partial charge in [0.2, 0.25) is 5.91 Å². The summed E-state index contributed by atoms with van der Waals surface area (Å²) in [7, 11) is 0. The molecule has 1 aromatic carbocycles. The smallest absolute Gasteiger partial charge is 0.228 e. The monoisotopic (exact) mass is 282 g/mol. The molecule has 20 heavy (non-hydrogen) atoms. The summed E-state index contributed by atoms with van der Waals surface area (Å²) < 4.78 is 26.9. The van der Waals surface area contributed by atoms with E-state index in [1.54, 1.807) is 0 Å². The third-order valence-electron chi connectivity index (χ3n) is 4.20. The third-order valence-corrected chi connectivity index (χ3v) is 4.20. The maximum atomic E-state index is 13.7. The van der Waals surface area contributed by atoms with Crippen molar-refractivity contribution in [3.63, 3.8) is 0 Å². The molecule has 1 aromatic rings. The molecule has 1 aliphatic carbocycles. The molecule has 1 fully saturated rings. The Kier molecular flexibility index (Phi) is 3.97. The minimum Gasteiger partial charge on any atom is -0.397 e. The molecule has 1 aliphatic rings.